The number of rotatable bonds is 2. The van der Waals surface area contributed by atoms with Crippen LogP contribution in [0.5, 0.6) is 0 Å². The van der Waals surface area contributed by atoms with E-state index in [2.05, 4.69) is 5.32 Å². The molecule has 1 amide bonds. The Kier molecular flexibility index (Phi) is 3.10. The van der Waals surface area contributed by atoms with Crippen LogP contribution in [0.1, 0.15) is 15.4 Å². The molecule has 0 saturated carbocycles. The van der Waals surface area contributed by atoms with Crippen molar-refractivity contribution in [2.45, 2.75) is 6.92 Å². The van der Waals surface area contributed by atoms with Crippen molar-refractivity contribution < 1.29 is 4.79 Å². The molecule has 0 unspecified atom stereocenters. The van der Waals surface area contributed by atoms with Gasteiger partial charge < -0.3 is 9.88 Å². The van der Waals surface area contributed by atoms with E-state index in [0.717, 1.165) is 17.0 Å². The number of hydrogen-bond donors (Lipinski definition) is 1. The Balaban J connectivity index is 2.27. The summed E-state index contributed by atoms with van der Waals surface area (Å²) in [6, 6.07) is 9.17. The summed E-state index contributed by atoms with van der Waals surface area (Å²) >= 11 is 0.964. The fourth-order valence-electron chi connectivity index (χ4n) is 1.44. The van der Waals surface area contributed by atoms with Gasteiger partial charge in [0.05, 0.1) is 0 Å². The summed E-state index contributed by atoms with van der Waals surface area (Å²) < 4.78 is 1.48. The van der Waals surface area contributed by atoms with Gasteiger partial charge in [-0.3, -0.25) is 9.59 Å². The first-order chi connectivity index (χ1) is 8.09. The highest BCUT2D eigenvalue weighted by atomic mass is 32.1. The minimum atomic E-state index is -0.239. The molecule has 0 saturated heterocycles. The number of amides is 1. The lowest BCUT2D eigenvalue weighted by Gasteiger charge is -2.03. The van der Waals surface area contributed by atoms with E-state index in [1.165, 1.54) is 4.57 Å². The number of benzene rings is 1. The molecule has 1 heterocycles. The van der Waals surface area contributed by atoms with Crippen LogP contribution in [0.4, 0.5) is 5.69 Å². The van der Waals surface area contributed by atoms with Gasteiger partial charge in [0.2, 0.25) is 0 Å². The third-order valence-corrected chi connectivity index (χ3v) is 3.67. The number of carbonyl (C=O) groups excluding carboxylic acids is 1. The minimum absolute atomic E-state index is 0.124. The maximum atomic E-state index is 11.9. The van der Waals surface area contributed by atoms with Crippen LogP contribution < -0.4 is 10.2 Å². The van der Waals surface area contributed by atoms with Crippen LogP contribution in [-0.4, -0.2) is 10.5 Å². The van der Waals surface area contributed by atoms with E-state index in [1.54, 1.807) is 26.1 Å². The lowest BCUT2D eigenvalue weighted by Crippen LogP contribution is -2.12. The Morgan fingerprint density at radius 2 is 1.94 bits per heavy atom. The quantitative estimate of drug-likeness (QED) is 0.883. The predicted molar refractivity (Wildman–Crippen MR) is 68.7 cm³/mol. The zero-order valence-corrected chi connectivity index (χ0v) is 10.4. The van der Waals surface area contributed by atoms with E-state index < -0.39 is 0 Å². The third-order valence-electron chi connectivity index (χ3n) is 2.53. The van der Waals surface area contributed by atoms with Gasteiger partial charge in [-0.1, -0.05) is 29.5 Å². The minimum Gasteiger partial charge on any atom is -0.321 e. The molecule has 4 nitrogen and oxygen atoms in total. The molecule has 17 heavy (non-hydrogen) atoms. The van der Waals surface area contributed by atoms with Gasteiger partial charge in [0.1, 0.15) is 4.88 Å². The van der Waals surface area contributed by atoms with Crippen LogP contribution in [0.25, 0.3) is 0 Å². The summed E-state index contributed by atoms with van der Waals surface area (Å²) in [5.74, 6) is -0.239. The molecule has 0 radical (unpaired) electrons. The number of para-hydroxylation sites is 1. The molecule has 88 valence electrons. The van der Waals surface area contributed by atoms with Crippen molar-refractivity contribution in [2.24, 2.45) is 7.05 Å². The van der Waals surface area contributed by atoms with Gasteiger partial charge in [-0.25, -0.2) is 0 Å². The van der Waals surface area contributed by atoms with Gasteiger partial charge in [-0.15, -0.1) is 0 Å². The molecule has 0 atom stereocenters. The largest absolute Gasteiger partial charge is 0.321 e. The van der Waals surface area contributed by atoms with Crippen molar-refractivity contribution in [3.05, 3.63) is 50.6 Å². The average molecular weight is 248 g/mol. The Morgan fingerprint density at radius 1 is 1.29 bits per heavy atom. The van der Waals surface area contributed by atoms with Crippen molar-refractivity contribution in [1.29, 1.82) is 0 Å². The van der Waals surface area contributed by atoms with Crippen LogP contribution in [-0.2, 0) is 7.05 Å². The lowest BCUT2D eigenvalue weighted by molar-refractivity contribution is 0.102. The number of anilines is 1. The molecule has 1 N–H and O–H groups in total. The van der Waals surface area contributed by atoms with Gasteiger partial charge >= 0.3 is 4.87 Å². The molecule has 1 aromatic heterocycles. The number of hydrogen-bond acceptors (Lipinski definition) is 3. The summed E-state index contributed by atoms with van der Waals surface area (Å²) in [5, 5.41) is 2.76. The van der Waals surface area contributed by atoms with Gasteiger partial charge in [-0.2, -0.15) is 0 Å². The molecular weight excluding hydrogens is 236 g/mol. The van der Waals surface area contributed by atoms with Crippen molar-refractivity contribution >= 4 is 22.9 Å². The lowest BCUT2D eigenvalue weighted by atomic mass is 10.3. The zero-order chi connectivity index (χ0) is 12.4. The molecule has 0 fully saturated rings. The van der Waals surface area contributed by atoms with Crippen LogP contribution in [0, 0.1) is 6.92 Å². The van der Waals surface area contributed by atoms with Gasteiger partial charge in [0.15, 0.2) is 0 Å². The van der Waals surface area contributed by atoms with Crippen molar-refractivity contribution in [3.8, 4) is 0 Å². The summed E-state index contributed by atoms with van der Waals surface area (Å²) in [5.41, 5.74) is 1.41. The van der Waals surface area contributed by atoms with Gasteiger partial charge in [0, 0.05) is 18.4 Å². The van der Waals surface area contributed by atoms with Crippen LogP contribution in [0.2, 0.25) is 0 Å². The second-order valence-electron chi connectivity index (χ2n) is 3.66. The van der Waals surface area contributed by atoms with E-state index in [-0.39, 0.29) is 10.8 Å². The van der Waals surface area contributed by atoms with Crippen LogP contribution >= 0.6 is 11.3 Å². The maximum absolute atomic E-state index is 11.9. The molecule has 0 bridgehead atoms. The molecule has 5 heteroatoms. The van der Waals surface area contributed by atoms with Crippen molar-refractivity contribution in [3.63, 3.8) is 0 Å². The van der Waals surface area contributed by atoms with Gasteiger partial charge in [0.25, 0.3) is 5.91 Å². The van der Waals surface area contributed by atoms with Gasteiger partial charge in [-0.05, 0) is 19.1 Å². The van der Waals surface area contributed by atoms with E-state index in [0.29, 0.717) is 10.6 Å². The average Bonchev–Trinajstić information content (AvgIpc) is 2.58. The third kappa shape index (κ3) is 2.29. The fraction of sp³-hybridized carbons (Fsp3) is 0.167. The standard InChI is InChI=1S/C12H12N2O2S/c1-8-10(17-12(16)14(8)2)11(15)13-9-6-4-3-5-7-9/h3-7H,1-2H3,(H,13,15). The highest BCUT2D eigenvalue weighted by Gasteiger charge is 2.15. The first kappa shape index (κ1) is 11.6. The van der Waals surface area contributed by atoms with E-state index >= 15 is 0 Å². The Morgan fingerprint density at radius 3 is 2.47 bits per heavy atom. The molecular formula is C12H12N2O2S. The normalized spacial score (nSPS) is 10.2. The number of nitrogens with one attached hydrogen (secondary N) is 1. The van der Waals surface area contributed by atoms with Crippen LogP contribution in [0.3, 0.4) is 0 Å². The van der Waals surface area contributed by atoms with E-state index in [4.69, 9.17) is 0 Å². The molecule has 2 rings (SSSR count). The SMILES string of the molecule is Cc1c(C(=O)Nc2ccccc2)sc(=O)n1C. The predicted octanol–water partition coefficient (Wildman–Crippen LogP) is 2.01. The monoisotopic (exact) mass is 248 g/mol. The highest BCUT2D eigenvalue weighted by Crippen LogP contribution is 2.14. The number of carbonyl (C=O) groups is 1. The summed E-state index contributed by atoms with van der Waals surface area (Å²) in [7, 11) is 1.66. The van der Waals surface area contributed by atoms with Crippen LogP contribution in [0.15, 0.2) is 35.1 Å². The summed E-state index contributed by atoms with van der Waals surface area (Å²) in [6.45, 7) is 1.76. The Labute approximate surface area is 103 Å². The fourth-order valence-corrected chi connectivity index (χ4v) is 2.32. The first-order valence-corrected chi connectivity index (χ1v) is 5.94. The molecule has 1 aromatic carbocycles. The number of aromatic nitrogens is 1. The van der Waals surface area contributed by atoms with Crippen molar-refractivity contribution in [1.82, 2.24) is 4.57 Å². The highest BCUT2D eigenvalue weighted by molar-refractivity contribution is 7.11. The summed E-state index contributed by atoms with van der Waals surface area (Å²) in [6.07, 6.45) is 0. The summed E-state index contributed by atoms with van der Waals surface area (Å²) in [4.78, 5) is 23.7. The van der Waals surface area contributed by atoms with E-state index in [9.17, 15) is 9.59 Å². The molecule has 0 aliphatic carbocycles. The molecule has 0 aliphatic rings. The topological polar surface area (TPSA) is 51.1 Å². The smallest absolute Gasteiger partial charge is 0.307 e. The zero-order valence-electron chi connectivity index (χ0n) is 9.56. The Hall–Kier alpha value is -1.88. The molecule has 0 spiro atoms. The first-order valence-electron chi connectivity index (χ1n) is 5.12. The molecule has 0 aliphatic heterocycles. The number of nitrogens with zero attached hydrogens (tertiary/aromatic N) is 1. The molecule has 2 aromatic rings. The maximum Gasteiger partial charge on any atom is 0.307 e. The second kappa shape index (κ2) is 4.55. The number of thiazole rings is 1. The van der Waals surface area contributed by atoms with Crippen molar-refractivity contribution in [2.75, 3.05) is 5.32 Å². The Bertz CT molecular complexity index is 599. The van der Waals surface area contributed by atoms with E-state index in [1.807, 2.05) is 18.2 Å². The second-order valence-corrected chi connectivity index (χ2v) is 4.62.